The van der Waals surface area contributed by atoms with Crippen molar-refractivity contribution in [1.82, 2.24) is 5.32 Å². The fourth-order valence-corrected chi connectivity index (χ4v) is 1.53. The van der Waals surface area contributed by atoms with E-state index in [1.54, 1.807) is 0 Å². The highest BCUT2D eigenvalue weighted by Gasteiger charge is 2.39. The Morgan fingerprint density at radius 2 is 1.82 bits per heavy atom. The molecule has 1 saturated heterocycles. The molecular weight excluding hydrogens is 142 g/mol. The topological polar surface area (TPSA) is 52.5 Å². The van der Waals surface area contributed by atoms with Gasteiger partial charge in [0.2, 0.25) is 0 Å². The summed E-state index contributed by atoms with van der Waals surface area (Å²) in [5.74, 6) is 0. The molecule has 1 aliphatic heterocycles. The standard InChI is InChI=1S/C8H17NO2/c1-8(2,3)7-6(11)5(10)4-9-7/h5-7,9-11H,4H2,1-3H3/t5?,6?,7-/m1/s1. The van der Waals surface area contributed by atoms with Gasteiger partial charge in [0.25, 0.3) is 0 Å². The highest BCUT2D eigenvalue weighted by Crippen LogP contribution is 2.26. The van der Waals surface area contributed by atoms with Crippen molar-refractivity contribution in [2.75, 3.05) is 6.54 Å². The molecular formula is C8H17NO2. The van der Waals surface area contributed by atoms with Crippen LogP contribution in [0.1, 0.15) is 20.8 Å². The summed E-state index contributed by atoms with van der Waals surface area (Å²) in [6.45, 7) is 6.65. The van der Waals surface area contributed by atoms with Crippen molar-refractivity contribution in [3.63, 3.8) is 0 Å². The van der Waals surface area contributed by atoms with Crippen LogP contribution in [-0.4, -0.2) is 35.0 Å². The molecule has 0 aliphatic carbocycles. The molecule has 0 saturated carbocycles. The number of nitrogens with one attached hydrogen (secondary N) is 1. The van der Waals surface area contributed by atoms with E-state index in [2.05, 4.69) is 5.32 Å². The molecule has 3 N–H and O–H groups in total. The van der Waals surface area contributed by atoms with Gasteiger partial charge < -0.3 is 15.5 Å². The van der Waals surface area contributed by atoms with Crippen molar-refractivity contribution < 1.29 is 10.2 Å². The zero-order chi connectivity index (χ0) is 8.65. The third-order valence-electron chi connectivity index (χ3n) is 2.22. The van der Waals surface area contributed by atoms with Gasteiger partial charge in [0.15, 0.2) is 0 Å². The average Bonchev–Trinajstić information content (AvgIpc) is 2.11. The van der Waals surface area contributed by atoms with Crippen molar-refractivity contribution in [1.29, 1.82) is 0 Å². The van der Waals surface area contributed by atoms with E-state index in [9.17, 15) is 10.2 Å². The SMILES string of the molecule is CC(C)(C)[C@@H]1NCC(O)C1O. The molecule has 3 atom stereocenters. The van der Waals surface area contributed by atoms with Crippen LogP contribution < -0.4 is 5.32 Å². The molecule has 1 aliphatic rings. The van der Waals surface area contributed by atoms with Gasteiger partial charge in [0.05, 0.1) is 12.2 Å². The van der Waals surface area contributed by atoms with Crippen LogP contribution in [0.4, 0.5) is 0 Å². The van der Waals surface area contributed by atoms with Crippen LogP contribution in [0, 0.1) is 5.41 Å². The maximum atomic E-state index is 9.48. The molecule has 0 radical (unpaired) electrons. The van der Waals surface area contributed by atoms with Crippen LogP contribution in [0.2, 0.25) is 0 Å². The van der Waals surface area contributed by atoms with Crippen LogP contribution in [0.15, 0.2) is 0 Å². The first kappa shape index (κ1) is 8.97. The largest absolute Gasteiger partial charge is 0.389 e. The highest BCUT2D eigenvalue weighted by molar-refractivity contribution is 4.96. The monoisotopic (exact) mass is 159 g/mol. The van der Waals surface area contributed by atoms with Gasteiger partial charge >= 0.3 is 0 Å². The molecule has 0 amide bonds. The average molecular weight is 159 g/mol. The van der Waals surface area contributed by atoms with E-state index in [0.29, 0.717) is 6.54 Å². The second kappa shape index (κ2) is 2.73. The highest BCUT2D eigenvalue weighted by atomic mass is 16.3. The van der Waals surface area contributed by atoms with E-state index >= 15 is 0 Å². The number of aliphatic hydroxyl groups is 2. The second-order valence-electron chi connectivity index (χ2n) is 4.31. The van der Waals surface area contributed by atoms with Crippen molar-refractivity contribution >= 4 is 0 Å². The van der Waals surface area contributed by atoms with Crippen LogP contribution in [-0.2, 0) is 0 Å². The minimum atomic E-state index is -0.616. The molecule has 1 rings (SSSR count). The third-order valence-corrected chi connectivity index (χ3v) is 2.22. The zero-order valence-electron chi connectivity index (χ0n) is 7.33. The molecule has 0 aromatic heterocycles. The van der Waals surface area contributed by atoms with Gasteiger partial charge in [0.1, 0.15) is 0 Å². The minimum Gasteiger partial charge on any atom is -0.389 e. The third kappa shape index (κ3) is 1.72. The molecule has 1 fully saturated rings. The van der Waals surface area contributed by atoms with Crippen molar-refractivity contribution in [3.8, 4) is 0 Å². The Morgan fingerprint density at radius 3 is 2.00 bits per heavy atom. The smallest absolute Gasteiger partial charge is 0.0969 e. The van der Waals surface area contributed by atoms with Gasteiger partial charge in [-0.1, -0.05) is 20.8 Å². The minimum absolute atomic E-state index is 0.0108. The summed E-state index contributed by atoms with van der Waals surface area (Å²) in [6, 6.07) is 0.0116. The summed E-state index contributed by atoms with van der Waals surface area (Å²) in [5, 5.41) is 21.8. The lowest BCUT2D eigenvalue weighted by molar-refractivity contribution is 0.0192. The van der Waals surface area contributed by atoms with E-state index < -0.39 is 12.2 Å². The number of aliphatic hydroxyl groups excluding tert-OH is 2. The first-order valence-corrected chi connectivity index (χ1v) is 4.02. The lowest BCUT2D eigenvalue weighted by atomic mass is 9.84. The summed E-state index contributed by atoms with van der Waals surface area (Å²) >= 11 is 0. The van der Waals surface area contributed by atoms with Gasteiger partial charge in [-0.2, -0.15) is 0 Å². The molecule has 11 heavy (non-hydrogen) atoms. The maximum Gasteiger partial charge on any atom is 0.0969 e. The van der Waals surface area contributed by atoms with Gasteiger partial charge in [0, 0.05) is 12.6 Å². The fraction of sp³-hybridized carbons (Fsp3) is 1.00. The summed E-state index contributed by atoms with van der Waals surface area (Å²) < 4.78 is 0. The first-order valence-electron chi connectivity index (χ1n) is 4.02. The quantitative estimate of drug-likeness (QED) is 0.456. The molecule has 0 spiro atoms. The van der Waals surface area contributed by atoms with Crippen LogP contribution in [0.25, 0.3) is 0 Å². The first-order chi connectivity index (χ1) is 4.93. The van der Waals surface area contributed by atoms with E-state index in [-0.39, 0.29) is 11.5 Å². The predicted octanol–water partition coefficient (Wildman–Crippen LogP) is -0.274. The van der Waals surface area contributed by atoms with Gasteiger partial charge in [-0.25, -0.2) is 0 Å². The van der Waals surface area contributed by atoms with Crippen molar-refractivity contribution in [2.24, 2.45) is 5.41 Å². The Balaban J connectivity index is 2.62. The molecule has 0 aromatic rings. The Bertz CT molecular complexity index is 142. The van der Waals surface area contributed by atoms with E-state index in [0.717, 1.165) is 0 Å². The zero-order valence-corrected chi connectivity index (χ0v) is 7.33. The van der Waals surface area contributed by atoms with E-state index in [4.69, 9.17) is 0 Å². The van der Waals surface area contributed by atoms with Crippen LogP contribution in [0.5, 0.6) is 0 Å². The Hall–Kier alpha value is -0.120. The van der Waals surface area contributed by atoms with Crippen LogP contribution >= 0.6 is 0 Å². The molecule has 3 heteroatoms. The van der Waals surface area contributed by atoms with Crippen molar-refractivity contribution in [3.05, 3.63) is 0 Å². The second-order valence-corrected chi connectivity index (χ2v) is 4.31. The number of β-amino-alcohol motifs (C(OH)–C–C–N with tert-alkyl or cyclic N) is 1. The Morgan fingerprint density at radius 1 is 1.27 bits per heavy atom. The lowest BCUT2D eigenvalue weighted by Gasteiger charge is -2.29. The summed E-state index contributed by atoms with van der Waals surface area (Å²) in [6.07, 6.45) is -1.21. The molecule has 0 aromatic carbocycles. The predicted molar refractivity (Wildman–Crippen MR) is 43.3 cm³/mol. The number of hydrogen-bond donors (Lipinski definition) is 3. The normalized spacial score (nSPS) is 39.5. The summed E-state index contributed by atoms with van der Waals surface area (Å²) in [4.78, 5) is 0. The lowest BCUT2D eigenvalue weighted by Crippen LogP contribution is -2.43. The van der Waals surface area contributed by atoms with Gasteiger partial charge in [-0.3, -0.25) is 0 Å². The van der Waals surface area contributed by atoms with E-state index in [1.807, 2.05) is 20.8 Å². The Kier molecular flexibility index (Phi) is 2.23. The van der Waals surface area contributed by atoms with Gasteiger partial charge in [-0.05, 0) is 5.41 Å². The number of rotatable bonds is 0. The molecule has 1 heterocycles. The Labute approximate surface area is 67.4 Å². The summed E-state index contributed by atoms with van der Waals surface area (Å²) in [5.41, 5.74) is 0.0108. The van der Waals surface area contributed by atoms with Crippen LogP contribution in [0.3, 0.4) is 0 Å². The fourth-order valence-electron chi connectivity index (χ4n) is 1.53. The number of hydrogen-bond acceptors (Lipinski definition) is 3. The van der Waals surface area contributed by atoms with E-state index in [1.165, 1.54) is 0 Å². The maximum absolute atomic E-state index is 9.48. The molecule has 2 unspecified atom stereocenters. The molecule has 0 bridgehead atoms. The summed E-state index contributed by atoms with van der Waals surface area (Å²) in [7, 11) is 0. The van der Waals surface area contributed by atoms with Gasteiger partial charge in [-0.15, -0.1) is 0 Å². The molecule has 66 valence electrons. The van der Waals surface area contributed by atoms with Crippen molar-refractivity contribution in [2.45, 2.75) is 39.0 Å². The molecule has 3 nitrogen and oxygen atoms in total.